The van der Waals surface area contributed by atoms with Crippen molar-refractivity contribution in [2.75, 3.05) is 6.61 Å². The summed E-state index contributed by atoms with van der Waals surface area (Å²) in [6.45, 7) is 0.244. The number of hydrogen-bond donors (Lipinski definition) is 1. The number of aliphatic hydroxyl groups is 1. The standard InChI is InChI=1S/C25H21O.2ClH.Zr/c26-14-6-8-18-16-24(21-11-4-3-10-20(18)21)23-13-5-12-22-19-9-2-1-7-17(19)15-25(22)23;;;/h1-5,7,9-13,15-16,24,26H,6,8,14H2;2*1H;/q-1;;;+3/p-2. The van der Waals surface area contributed by atoms with Crippen LogP contribution in [0.5, 0.6) is 0 Å². The van der Waals surface area contributed by atoms with Gasteiger partial charge in [-0.3, -0.25) is 0 Å². The van der Waals surface area contributed by atoms with E-state index in [0.29, 0.717) is 5.92 Å². The average Bonchev–Trinajstić information content (AvgIpc) is 3.25. The third-order valence-electron chi connectivity index (χ3n) is 5.64. The molecule has 0 saturated heterocycles. The van der Waals surface area contributed by atoms with Crippen LogP contribution in [0.4, 0.5) is 0 Å². The van der Waals surface area contributed by atoms with Gasteiger partial charge in [0.2, 0.25) is 0 Å². The molecule has 1 radical (unpaired) electrons. The fraction of sp³-hybridized carbons (Fsp3) is 0.160. The number of benzene rings is 3. The van der Waals surface area contributed by atoms with Crippen LogP contribution in [0.15, 0.2) is 78.9 Å². The Kier molecular flexibility index (Phi) is 8.38. The van der Waals surface area contributed by atoms with Crippen LogP contribution in [0, 0.1) is 0 Å². The minimum atomic E-state index is 0. The summed E-state index contributed by atoms with van der Waals surface area (Å²) >= 11 is 0. The van der Waals surface area contributed by atoms with Gasteiger partial charge in [0, 0.05) is 12.5 Å². The molecule has 0 bridgehead atoms. The van der Waals surface area contributed by atoms with E-state index in [9.17, 15) is 5.11 Å². The SMILES string of the molecule is OCCCC1=CC(c2cccc3c2[cH-]c2ccccc23)c2ccccc21.[Cl-].[Cl-].[Zr+3]. The first-order valence-corrected chi connectivity index (χ1v) is 9.35. The molecule has 0 aliphatic heterocycles. The molecule has 0 heterocycles. The number of allylic oxidation sites excluding steroid dienone is 2. The van der Waals surface area contributed by atoms with Crippen molar-refractivity contribution in [3.8, 4) is 0 Å². The Balaban J connectivity index is 0.000001000. The van der Waals surface area contributed by atoms with E-state index in [4.69, 9.17) is 0 Å². The zero-order chi connectivity index (χ0) is 17.5. The quantitative estimate of drug-likeness (QED) is 0.393. The Bertz CT molecular complexity index is 1150. The predicted octanol–water partition coefficient (Wildman–Crippen LogP) is 0.0188. The molecule has 29 heavy (non-hydrogen) atoms. The molecule has 1 N–H and O–H groups in total. The number of hydrogen-bond acceptors (Lipinski definition) is 1. The molecule has 5 rings (SSSR count). The number of aliphatic hydroxyl groups excluding tert-OH is 1. The summed E-state index contributed by atoms with van der Waals surface area (Å²) in [6, 6.07) is 26.4. The van der Waals surface area contributed by atoms with Crippen LogP contribution in [-0.2, 0) is 26.2 Å². The molecule has 145 valence electrons. The molecular formula is C25H21Cl2OZr. The van der Waals surface area contributed by atoms with Gasteiger partial charge in [-0.25, -0.2) is 0 Å². The van der Waals surface area contributed by atoms with E-state index >= 15 is 0 Å². The van der Waals surface area contributed by atoms with Gasteiger partial charge in [0.1, 0.15) is 0 Å². The van der Waals surface area contributed by atoms with Gasteiger partial charge in [-0.2, -0.15) is 0 Å². The Morgan fingerprint density at radius 3 is 2.31 bits per heavy atom. The molecular weight excluding hydrogens is 478 g/mol. The van der Waals surface area contributed by atoms with Crippen LogP contribution < -0.4 is 24.8 Å². The molecule has 1 unspecified atom stereocenters. The molecule has 0 spiro atoms. The van der Waals surface area contributed by atoms with Crippen molar-refractivity contribution in [2.45, 2.75) is 18.8 Å². The minimum absolute atomic E-state index is 0. The van der Waals surface area contributed by atoms with Gasteiger partial charge in [0.25, 0.3) is 0 Å². The van der Waals surface area contributed by atoms with Gasteiger partial charge in [0.05, 0.1) is 0 Å². The molecule has 1 aliphatic rings. The van der Waals surface area contributed by atoms with E-state index in [-0.39, 0.29) is 57.6 Å². The summed E-state index contributed by atoms with van der Waals surface area (Å²) in [6.07, 6.45) is 4.16. The van der Waals surface area contributed by atoms with Crippen molar-refractivity contribution in [2.24, 2.45) is 0 Å². The van der Waals surface area contributed by atoms with Crippen molar-refractivity contribution in [1.29, 1.82) is 0 Å². The second kappa shape index (κ2) is 10.1. The van der Waals surface area contributed by atoms with E-state index in [2.05, 4.69) is 78.9 Å². The Morgan fingerprint density at radius 2 is 1.48 bits per heavy atom. The third-order valence-corrected chi connectivity index (χ3v) is 5.64. The normalized spacial score (nSPS) is 14.5. The molecule has 0 fully saturated rings. The average molecular weight is 500 g/mol. The fourth-order valence-electron chi connectivity index (χ4n) is 4.46. The topological polar surface area (TPSA) is 20.2 Å². The molecule has 0 amide bonds. The largest absolute Gasteiger partial charge is 3.00 e. The van der Waals surface area contributed by atoms with Crippen molar-refractivity contribution in [1.82, 2.24) is 0 Å². The zero-order valence-electron chi connectivity index (χ0n) is 15.9. The summed E-state index contributed by atoms with van der Waals surface area (Å²) < 4.78 is 0. The third kappa shape index (κ3) is 4.14. The summed E-state index contributed by atoms with van der Waals surface area (Å²) in [7, 11) is 0. The van der Waals surface area contributed by atoms with E-state index in [1.165, 1.54) is 43.8 Å². The van der Waals surface area contributed by atoms with Crippen LogP contribution in [0.1, 0.15) is 35.4 Å². The Labute approximate surface area is 203 Å². The van der Waals surface area contributed by atoms with Crippen molar-refractivity contribution in [3.05, 3.63) is 95.6 Å². The van der Waals surface area contributed by atoms with Gasteiger partial charge in [-0.1, -0.05) is 72.3 Å². The zero-order valence-corrected chi connectivity index (χ0v) is 19.9. The van der Waals surface area contributed by atoms with Gasteiger partial charge in [-0.15, -0.1) is 33.7 Å². The second-order valence-electron chi connectivity index (χ2n) is 7.12. The van der Waals surface area contributed by atoms with E-state index in [1.807, 2.05) is 0 Å². The smallest absolute Gasteiger partial charge is 1.00 e. The molecule has 1 atom stereocenters. The summed E-state index contributed by atoms with van der Waals surface area (Å²) in [4.78, 5) is 0. The fourth-order valence-corrected chi connectivity index (χ4v) is 4.46. The molecule has 4 aromatic rings. The number of rotatable bonds is 4. The van der Waals surface area contributed by atoms with Gasteiger partial charge >= 0.3 is 26.2 Å². The summed E-state index contributed by atoms with van der Waals surface area (Å²) in [5.41, 5.74) is 5.48. The predicted molar refractivity (Wildman–Crippen MR) is 110 cm³/mol. The van der Waals surface area contributed by atoms with E-state index < -0.39 is 0 Å². The minimum Gasteiger partial charge on any atom is -1.00 e. The van der Waals surface area contributed by atoms with Crippen molar-refractivity contribution >= 4 is 27.1 Å². The van der Waals surface area contributed by atoms with Crippen LogP contribution in [0.3, 0.4) is 0 Å². The first-order chi connectivity index (χ1) is 12.9. The van der Waals surface area contributed by atoms with Crippen LogP contribution in [0.25, 0.3) is 27.1 Å². The van der Waals surface area contributed by atoms with Crippen LogP contribution in [0.2, 0.25) is 0 Å². The van der Waals surface area contributed by atoms with Crippen molar-refractivity contribution in [3.63, 3.8) is 0 Å². The second-order valence-corrected chi connectivity index (χ2v) is 7.12. The van der Waals surface area contributed by atoms with Crippen LogP contribution in [-0.4, -0.2) is 11.7 Å². The van der Waals surface area contributed by atoms with E-state index in [1.54, 1.807) is 0 Å². The first-order valence-electron chi connectivity index (χ1n) is 9.35. The molecule has 0 aromatic heterocycles. The maximum absolute atomic E-state index is 9.25. The number of fused-ring (bicyclic) bond motifs is 4. The molecule has 1 aliphatic carbocycles. The summed E-state index contributed by atoms with van der Waals surface area (Å²) in [5, 5.41) is 14.6. The van der Waals surface area contributed by atoms with Crippen molar-refractivity contribution < 1.29 is 56.1 Å². The van der Waals surface area contributed by atoms with Gasteiger partial charge < -0.3 is 29.9 Å². The first kappa shape index (κ1) is 24.0. The van der Waals surface area contributed by atoms with Crippen LogP contribution >= 0.6 is 0 Å². The van der Waals surface area contributed by atoms with E-state index in [0.717, 1.165) is 12.8 Å². The number of halogens is 2. The molecule has 1 nitrogen and oxygen atoms in total. The maximum Gasteiger partial charge on any atom is 3.00 e. The summed E-state index contributed by atoms with van der Waals surface area (Å²) in [5.74, 6) is 0.292. The Hall–Kier alpha value is -1.31. The maximum atomic E-state index is 9.25. The molecule has 4 heteroatoms. The van der Waals surface area contributed by atoms with Gasteiger partial charge in [-0.05, 0) is 29.5 Å². The monoisotopic (exact) mass is 497 g/mol. The molecule has 0 saturated carbocycles. The van der Waals surface area contributed by atoms with Gasteiger partial charge in [0.15, 0.2) is 0 Å². The Morgan fingerprint density at radius 1 is 0.793 bits per heavy atom. The molecule has 4 aromatic carbocycles.